The number of fused-ring (bicyclic) bond motifs is 2. The molecular formula is C18H23ClN4S. The summed E-state index contributed by atoms with van der Waals surface area (Å²) in [4.78, 5) is 7.06. The Labute approximate surface area is 153 Å². The summed E-state index contributed by atoms with van der Waals surface area (Å²) in [5, 5.41) is 7.74. The second kappa shape index (κ2) is 7.47. The molecule has 1 aliphatic heterocycles. The van der Waals surface area contributed by atoms with E-state index in [1.807, 2.05) is 12.1 Å². The Morgan fingerprint density at radius 3 is 2.46 bits per heavy atom. The average molecular weight is 363 g/mol. The normalized spacial score (nSPS) is 13.8. The summed E-state index contributed by atoms with van der Waals surface area (Å²) in [6, 6.07) is 14.5. The first-order valence-corrected chi connectivity index (χ1v) is 8.55. The first kappa shape index (κ1) is 18.6. The summed E-state index contributed by atoms with van der Waals surface area (Å²) in [6.45, 7) is 2.20. The van der Waals surface area contributed by atoms with Crippen molar-refractivity contribution in [2.75, 3.05) is 19.0 Å². The van der Waals surface area contributed by atoms with Gasteiger partial charge in [0.1, 0.15) is 5.84 Å². The Balaban J connectivity index is 0.00000208. The van der Waals surface area contributed by atoms with E-state index in [1.54, 1.807) is 11.8 Å². The molecule has 0 aromatic heterocycles. The van der Waals surface area contributed by atoms with Gasteiger partial charge in [0.25, 0.3) is 0 Å². The van der Waals surface area contributed by atoms with Crippen molar-refractivity contribution in [3.8, 4) is 0 Å². The third-order valence-corrected chi connectivity index (χ3v) is 5.26. The van der Waals surface area contributed by atoms with Crippen LogP contribution in [0.2, 0.25) is 0 Å². The molecule has 4 nitrogen and oxygen atoms in total. The molecule has 6 heteroatoms. The Morgan fingerprint density at radius 2 is 1.83 bits per heavy atom. The summed E-state index contributed by atoms with van der Waals surface area (Å²) < 4.78 is 0. The maximum absolute atomic E-state index is 7.74. The van der Waals surface area contributed by atoms with Crippen LogP contribution in [0.25, 0.3) is 0 Å². The van der Waals surface area contributed by atoms with Crippen LogP contribution in [-0.2, 0) is 0 Å². The minimum atomic E-state index is 0. The standard InChI is InChI=1S/C18H22N4S.ClH/c1-4-17(21(2)3)22-13-7-5-6-8-15(13)23-16-10-9-12(18(19)20)11-14(16)22;/h5-11,17H,4H2,1-3H3,(H3,19,20);1H. The zero-order chi connectivity index (χ0) is 16.6. The number of anilines is 2. The van der Waals surface area contributed by atoms with Gasteiger partial charge in [-0.25, -0.2) is 0 Å². The van der Waals surface area contributed by atoms with Crippen molar-refractivity contribution >= 4 is 41.4 Å². The number of hydrogen-bond donors (Lipinski definition) is 2. The summed E-state index contributed by atoms with van der Waals surface area (Å²) >= 11 is 1.77. The summed E-state index contributed by atoms with van der Waals surface area (Å²) in [5.41, 5.74) is 8.81. The van der Waals surface area contributed by atoms with Gasteiger partial charge in [0.15, 0.2) is 0 Å². The Bertz CT molecular complexity index is 748. The highest BCUT2D eigenvalue weighted by Gasteiger charge is 2.29. The summed E-state index contributed by atoms with van der Waals surface area (Å²) in [7, 11) is 4.21. The first-order chi connectivity index (χ1) is 11.0. The lowest BCUT2D eigenvalue weighted by molar-refractivity contribution is 0.289. The van der Waals surface area contributed by atoms with E-state index < -0.39 is 0 Å². The van der Waals surface area contributed by atoms with Gasteiger partial charge in [-0.2, -0.15) is 0 Å². The van der Waals surface area contributed by atoms with Crippen LogP contribution in [0.4, 0.5) is 11.4 Å². The van der Waals surface area contributed by atoms with Gasteiger partial charge in [0.05, 0.1) is 17.5 Å². The maximum atomic E-state index is 7.74. The van der Waals surface area contributed by atoms with E-state index >= 15 is 0 Å². The Hall–Kier alpha value is -1.69. The number of halogens is 1. The van der Waals surface area contributed by atoms with Crippen molar-refractivity contribution in [1.82, 2.24) is 4.90 Å². The minimum absolute atomic E-state index is 0. The van der Waals surface area contributed by atoms with Gasteiger partial charge in [-0.1, -0.05) is 36.9 Å². The van der Waals surface area contributed by atoms with E-state index in [2.05, 4.69) is 61.2 Å². The molecule has 2 aromatic carbocycles. The molecule has 1 unspecified atom stereocenters. The second-order valence-electron chi connectivity index (χ2n) is 5.89. The van der Waals surface area contributed by atoms with Crippen LogP contribution in [0.1, 0.15) is 18.9 Å². The zero-order valence-corrected chi connectivity index (χ0v) is 15.7. The number of nitrogens with one attached hydrogen (secondary N) is 1. The largest absolute Gasteiger partial charge is 0.384 e. The van der Waals surface area contributed by atoms with Crippen molar-refractivity contribution in [2.45, 2.75) is 29.3 Å². The van der Waals surface area contributed by atoms with Gasteiger partial charge in [-0.3, -0.25) is 10.3 Å². The summed E-state index contributed by atoms with van der Waals surface area (Å²) in [5.74, 6) is 0.106. The number of nitrogen functional groups attached to an aromatic ring is 1. The van der Waals surface area contributed by atoms with Gasteiger partial charge >= 0.3 is 0 Å². The highest BCUT2D eigenvalue weighted by atomic mass is 35.5. The molecule has 0 fully saturated rings. The van der Waals surface area contributed by atoms with E-state index in [9.17, 15) is 0 Å². The molecule has 0 saturated heterocycles. The van der Waals surface area contributed by atoms with Crippen LogP contribution in [-0.4, -0.2) is 31.0 Å². The number of rotatable bonds is 4. The molecule has 3 N–H and O–H groups in total. The van der Waals surface area contributed by atoms with Gasteiger partial charge in [0, 0.05) is 15.4 Å². The molecule has 0 bridgehead atoms. The fourth-order valence-corrected chi connectivity index (χ4v) is 4.10. The van der Waals surface area contributed by atoms with E-state index in [0.29, 0.717) is 0 Å². The van der Waals surface area contributed by atoms with Crippen LogP contribution >= 0.6 is 24.2 Å². The predicted molar refractivity (Wildman–Crippen MR) is 105 cm³/mol. The van der Waals surface area contributed by atoms with Crippen LogP contribution in [0.5, 0.6) is 0 Å². The third kappa shape index (κ3) is 3.24. The van der Waals surface area contributed by atoms with Crippen molar-refractivity contribution in [2.24, 2.45) is 5.73 Å². The van der Waals surface area contributed by atoms with Crippen molar-refractivity contribution < 1.29 is 0 Å². The fourth-order valence-electron chi connectivity index (χ4n) is 3.05. The molecule has 0 amide bonds. The topological polar surface area (TPSA) is 56.4 Å². The molecule has 0 spiro atoms. The Kier molecular flexibility index (Phi) is 5.80. The second-order valence-corrected chi connectivity index (χ2v) is 6.97. The quantitative estimate of drug-likeness (QED) is 0.629. The fraction of sp³-hybridized carbons (Fsp3) is 0.278. The molecule has 0 aliphatic carbocycles. The maximum Gasteiger partial charge on any atom is 0.122 e. The lowest BCUT2D eigenvalue weighted by Crippen LogP contribution is -2.43. The predicted octanol–water partition coefficient (Wildman–Crippen LogP) is 4.29. The molecule has 1 aliphatic rings. The number of hydrogen-bond acceptors (Lipinski definition) is 4. The first-order valence-electron chi connectivity index (χ1n) is 7.74. The number of nitrogens with two attached hydrogens (primary N) is 1. The smallest absolute Gasteiger partial charge is 0.122 e. The molecule has 128 valence electrons. The van der Waals surface area contributed by atoms with Gasteiger partial charge in [-0.05, 0) is 44.8 Å². The molecule has 24 heavy (non-hydrogen) atoms. The SMILES string of the molecule is CCC(N(C)C)N1c2ccccc2Sc2ccc(C(=N)N)cc21.Cl. The van der Waals surface area contributed by atoms with E-state index in [-0.39, 0.29) is 24.4 Å². The van der Waals surface area contributed by atoms with Gasteiger partial charge in [0.2, 0.25) is 0 Å². The van der Waals surface area contributed by atoms with E-state index in [4.69, 9.17) is 11.1 Å². The summed E-state index contributed by atoms with van der Waals surface area (Å²) in [6.07, 6.45) is 1.24. The minimum Gasteiger partial charge on any atom is -0.384 e. The number of para-hydroxylation sites is 1. The van der Waals surface area contributed by atoms with Crippen LogP contribution in [0, 0.1) is 5.41 Å². The van der Waals surface area contributed by atoms with Crippen LogP contribution in [0.15, 0.2) is 52.3 Å². The van der Waals surface area contributed by atoms with Crippen molar-refractivity contribution in [3.05, 3.63) is 48.0 Å². The molecule has 0 radical (unpaired) electrons. The molecule has 2 aromatic rings. The molecule has 3 rings (SSSR count). The zero-order valence-electron chi connectivity index (χ0n) is 14.1. The van der Waals surface area contributed by atoms with Crippen molar-refractivity contribution in [1.29, 1.82) is 5.41 Å². The monoisotopic (exact) mass is 362 g/mol. The Morgan fingerprint density at radius 1 is 1.17 bits per heavy atom. The molecule has 0 saturated carbocycles. The lowest BCUT2D eigenvalue weighted by atomic mass is 10.1. The third-order valence-electron chi connectivity index (χ3n) is 4.13. The number of benzene rings is 2. The average Bonchev–Trinajstić information content (AvgIpc) is 2.54. The molecule has 1 heterocycles. The molecule has 1 atom stereocenters. The van der Waals surface area contributed by atoms with Crippen LogP contribution in [0.3, 0.4) is 0 Å². The highest BCUT2D eigenvalue weighted by Crippen LogP contribution is 2.49. The van der Waals surface area contributed by atoms with Crippen LogP contribution < -0.4 is 10.6 Å². The lowest BCUT2D eigenvalue weighted by Gasteiger charge is -2.41. The number of nitrogens with zero attached hydrogens (tertiary/aromatic N) is 2. The van der Waals surface area contributed by atoms with Crippen molar-refractivity contribution in [3.63, 3.8) is 0 Å². The van der Waals surface area contributed by atoms with Gasteiger partial charge < -0.3 is 10.6 Å². The van der Waals surface area contributed by atoms with Gasteiger partial charge in [-0.15, -0.1) is 12.4 Å². The molecular weight excluding hydrogens is 340 g/mol. The highest BCUT2D eigenvalue weighted by molar-refractivity contribution is 7.99. The number of amidine groups is 1. The van der Waals surface area contributed by atoms with E-state index in [1.165, 1.54) is 15.5 Å². The van der Waals surface area contributed by atoms with E-state index in [0.717, 1.165) is 17.7 Å².